The molecular weight excluding hydrogens is 232 g/mol. The third-order valence-electron chi connectivity index (χ3n) is 3.18. The molecule has 1 aliphatic rings. The Morgan fingerprint density at radius 1 is 1.11 bits per heavy atom. The topological polar surface area (TPSA) is 52.6 Å². The lowest BCUT2D eigenvalue weighted by Gasteiger charge is -2.14. The van der Waals surface area contributed by atoms with E-state index in [-0.39, 0.29) is 17.9 Å². The molecule has 1 fully saturated rings. The van der Waals surface area contributed by atoms with Gasteiger partial charge >= 0.3 is 11.9 Å². The van der Waals surface area contributed by atoms with Gasteiger partial charge in [0.05, 0.1) is 12.5 Å². The summed E-state index contributed by atoms with van der Waals surface area (Å²) in [4.78, 5) is 21.6. The first-order valence-corrected chi connectivity index (χ1v) is 6.13. The fourth-order valence-electron chi connectivity index (χ4n) is 2.19. The van der Waals surface area contributed by atoms with Crippen LogP contribution in [-0.4, -0.2) is 11.9 Å². The molecular formula is C14H20O4. The maximum absolute atomic E-state index is 10.8. The van der Waals surface area contributed by atoms with E-state index in [1.54, 1.807) is 6.26 Å². The first kappa shape index (κ1) is 14.5. The third-order valence-corrected chi connectivity index (χ3v) is 3.18. The molecule has 2 atom stereocenters. The monoisotopic (exact) mass is 252 g/mol. The molecule has 0 amide bonds. The van der Waals surface area contributed by atoms with Gasteiger partial charge in [0.25, 0.3) is 0 Å². The quantitative estimate of drug-likeness (QED) is 0.572. The fraction of sp³-hybridized carbons (Fsp3) is 0.571. The first-order chi connectivity index (χ1) is 8.41. The lowest BCUT2D eigenvalue weighted by molar-refractivity contribution is -0.136. The molecule has 1 rings (SSSR count). The number of carbonyl (C=O) groups excluding carboxylic acids is 2. The van der Waals surface area contributed by atoms with Crippen LogP contribution < -0.4 is 0 Å². The van der Waals surface area contributed by atoms with Crippen LogP contribution in [0.4, 0.5) is 0 Å². The maximum Gasteiger partial charge on any atom is 0.307 e. The summed E-state index contributed by atoms with van der Waals surface area (Å²) in [7, 11) is 0. The smallest absolute Gasteiger partial charge is 0.307 e. The summed E-state index contributed by atoms with van der Waals surface area (Å²) < 4.78 is 9.86. The number of hydrogen-bond acceptors (Lipinski definition) is 4. The van der Waals surface area contributed by atoms with Crippen molar-refractivity contribution in [2.24, 2.45) is 11.8 Å². The molecule has 0 aromatic rings. The Hall–Kier alpha value is -1.58. The second-order valence-electron chi connectivity index (χ2n) is 4.73. The van der Waals surface area contributed by atoms with Gasteiger partial charge in [-0.15, -0.1) is 0 Å². The van der Waals surface area contributed by atoms with Gasteiger partial charge < -0.3 is 9.47 Å². The largest absolute Gasteiger partial charge is 0.435 e. The number of esters is 2. The SMILES string of the molecule is CC(=O)OC=C1[C@@H](C)CC[C@@H]1/C(C)=C/OC(C)=O. The molecule has 0 saturated heterocycles. The van der Waals surface area contributed by atoms with Crippen molar-refractivity contribution in [2.45, 2.75) is 40.5 Å². The van der Waals surface area contributed by atoms with E-state index < -0.39 is 0 Å². The second kappa shape index (κ2) is 6.38. The molecule has 0 aromatic heterocycles. The van der Waals surface area contributed by atoms with E-state index in [0.717, 1.165) is 24.0 Å². The lowest BCUT2D eigenvalue weighted by Crippen LogP contribution is -2.05. The normalized spacial score (nSPS) is 26.2. The minimum absolute atomic E-state index is 0.193. The number of hydrogen-bond donors (Lipinski definition) is 0. The predicted molar refractivity (Wildman–Crippen MR) is 67.3 cm³/mol. The molecule has 100 valence electrons. The molecule has 0 radical (unpaired) electrons. The van der Waals surface area contributed by atoms with Crippen LogP contribution in [-0.2, 0) is 19.1 Å². The van der Waals surface area contributed by atoms with Crippen molar-refractivity contribution in [2.75, 3.05) is 0 Å². The number of rotatable bonds is 3. The zero-order chi connectivity index (χ0) is 13.7. The van der Waals surface area contributed by atoms with Gasteiger partial charge in [-0.25, -0.2) is 0 Å². The molecule has 1 aliphatic carbocycles. The van der Waals surface area contributed by atoms with Gasteiger partial charge in [-0.3, -0.25) is 9.59 Å². The minimum atomic E-state index is -0.328. The van der Waals surface area contributed by atoms with Crippen molar-refractivity contribution < 1.29 is 19.1 Å². The Kier molecular flexibility index (Phi) is 5.13. The summed E-state index contributed by atoms with van der Waals surface area (Å²) in [5.74, 6) is -0.0680. The average Bonchev–Trinajstić information content (AvgIpc) is 2.64. The van der Waals surface area contributed by atoms with Gasteiger partial charge in [-0.2, -0.15) is 0 Å². The van der Waals surface area contributed by atoms with E-state index in [9.17, 15) is 9.59 Å². The van der Waals surface area contributed by atoms with Crippen molar-refractivity contribution in [1.82, 2.24) is 0 Å². The van der Waals surface area contributed by atoms with Gasteiger partial charge in [-0.05, 0) is 36.8 Å². The van der Waals surface area contributed by atoms with Crippen molar-refractivity contribution in [1.29, 1.82) is 0 Å². The highest BCUT2D eigenvalue weighted by atomic mass is 16.5. The van der Waals surface area contributed by atoms with E-state index in [0.29, 0.717) is 5.92 Å². The van der Waals surface area contributed by atoms with E-state index in [1.807, 2.05) is 6.92 Å². The van der Waals surface area contributed by atoms with Crippen LogP contribution >= 0.6 is 0 Å². The molecule has 1 saturated carbocycles. The second-order valence-corrected chi connectivity index (χ2v) is 4.73. The van der Waals surface area contributed by atoms with Gasteiger partial charge in [0, 0.05) is 19.8 Å². The van der Waals surface area contributed by atoms with E-state index in [2.05, 4.69) is 6.92 Å². The summed E-state index contributed by atoms with van der Waals surface area (Å²) in [5.41, 5.74) is 2.07. The molecule has 0 N–H and O–H groups in total. The maximum atomic E-state index is 10.8. The van der Waals surface area contributed by atoms with Gasteiger partial charge in [0.1, 0.15) is 0 Å². The van der Waals surface area contributed by atoms with Crippen LogP contribution in [0.25, 0.3) is 0 Å². The molecule has 4 heteroatoms. The van der Waals surface area contributed by atoms with E-state index in [4.69, 9.17) is 9.47 Å². The Morgan fingerprint density at radius 3 is 2.28 bits per heavy atom. The standard InChI is InChI=1S/C14H20O4/c1-9-5-6-13(10(2)7-17-11(3)15)14(9)8-18-12(4)16/h7-9,13H,5-6H2,1-4H3/b10-7+,14-8?/t9-,13+/m0/s1. The molecule has 0 bridgehead atoms. The Labute approximate surface area is 108 Å². The van der Waals surface area contributed by atoms with Crippen LogP contribution in [0.15, 0.2) is 23.7 Å². The van der Waals surface area contributed by atoms with Crippen LogP contribution in [0.3, 0.4) is 0 Å². The van der Waals surface area contributed by atoms with E-state index in [1.165, 1.54) is 20.1 Å². The zero-order valence-electron chi connectivity index (χ0n) is 11.4. The molecule has 0 spiro atoms. The predicted octanol–water partition coefficient (Wildman–Crippen LogP) is 2.95. The molecule has 4 nitrogen and oxygen atoms in total. The number of allylic oxidation sites excluding steroid dienone is 2. The molecule has 0 aromatic carbocycles. The Bertz CT molecular complexity index is 393. The van der Waals surface area contributed by atoms with Gasteiger partial charge in [0.15, 0.2) is 0 Å². The Morgan fingerprint density at radius 2 is 1.72 bits per heavy atom. The number of ether oxygens (including phenoxy) is 2. The first-order valence-electron chi connectivity index (χ1n) is 6.13. The molecule has 0 heterocycles. The van der Waals surface area contributed by atoms with Gasteiger partial charge in [0.2, 0.25) is 0 Å². The van der Waals surface area contributed by atoms with Crippen LogP contribution in [0, 0.1) is 11.8 Å². The summed E-state index contributed by atoms with van der Waals surface area (Å²) in [6, 6.07) is 0. The zero-order valence-corrected chi connectivity index (χ0v) is 11.4. The summed E-state index contributed by atoms with van der Waals surface area (Å²) in [6.45, 7) is 6.78. The van der Waals surface area contributed by atoms with Crippen LogP contribution in [0.1, 0.15) is 40.5 Å². The van der Waals surface area contributed by atoms with Crippen molar-refractivity contribution in [3.63, 3.8) is 0 Å². The minimum Gasteiger partial charge on any atom is -0.435 e. The highest BCUT2D eigenvalue weighted by Gasteiger charge is 2.29. The summed E-state index contributed by atoms with van der Waals surface area (Å²) in [5, 5.41) is 0. The summed E-state index contributed by atoms with van der Waals surface area (Å²) >= 11 is 0. The highest BCUT2D eigenvalue weighted by Crippen LogP contribution is 2.40. The van der Waals surface area contributed by atoms with Crippen molar-refractivity contribution >= 4 is 11.9 Å². The highest BCUT2D eigenvalue weighted by molar-refractivity contribution is 5.67. The van der Waals surface area contributed by atoms with Gasteiger partial charge in [-0.1, -0.05) is 6.92 Å². The fourth-order valence-corrected chi connectivity index (χ4v) is 2.19. The summed E-state index contributed by atoms with van der Waals surface area (Å²) in [6.07, 6.45) is 5.07. The van der Waals surface area contributed by atoms with Crippen LogP contribution in [0.5, 0.6) is 0 Å². The lowest BCUT2D eigenvalue weighted by atomic mass is 9.93. The Balaban J connectivity index is 2.80. The molecule has 0 unspecified atom stereocenters. The molecule has 18 heavy (non-hydrogen) atoms. The van der Waals surface area contributed by atoms with Crippen molar-refractivity contribution in [3.8, 4) is 0 Å². The van der Waals surface area contributed by atoms with Crippen LogP contribution in [0.2, 0.25) is 0 Å². The van der Waals surface area contributed by atoms with Crippen molar-refractivity contribution in [3.05, 3.63) is 23.7 Å². The average molecular weight is 252 g/mol. The molecule has 0 aliphatic heterocycles. The third kappa shape index (κ3) is 4.02. The number of carbonyl (C=O) groups is 2. The van der Waals surface area contributed by atoms with E-state index >= 15 is 0 Å².